The van der Waals surface area contributed by atoms with Gasteiger partial charge in [0.1, 0.15) is 48.1 Å². The molecule has 0 fully saturated rings. The van der Waals surface area contributed by atoms with Gasteiger partial charge in [-0.2, -0.15) is 0 Å². The van der Waals surface area contributed by atoms with Gasteiger partial charge in [0.25, 0.3) is 0 Å². The highest BCUT2D eigenvalue weighted by molar-refractivity contribution is 5.93. The summed E-state index contributed by atoms with van der Waals surface area (Å²) < 4.78 is 5.08. The van der Waals surface area contributed by atoms with Crippen molar-refractivity contribution < 1.29 is 14.6 Å². The normalized spacial score (nSPS) is 13.5. The SMILES string of the molecule is CCCCCC1(CCCCC)N=CN=CN1c1ncncn1.O=C(Oc1ccccc1)c1ccccc1O. The lowest BCUT2D eigenvalue weighted by Crippen LogP contribution is -2.49. The number of ether oxygens (including phenoxy) is 1. The minimum Gasteiger partial charge on any atom is -0.507 e. The van der Waals surface area contributed by atoms with E-state index in [0.717, 1.165) is 25.7 Å². The summed E-state index contributed by atoms with van der Waals surface area (Å²) >= 11 is 0. The lowest BCUT2D eigenvalue weighted by Gasteiger charge is -2.40. The molecule has 2 aromatic carbocycles. The number of hydrogen-bond donors (Lipinski definition) is 1. The van der Waals surface area contributed by atoms with Crippen molar-refractivity contribution in [1.29, 1.82) is 0 Å². The number of carbonyl (C=O) groups is 1. The van der Waals surface area contributed by atoms with Crippen LogP contribution in [-0.4, -0.2) is 44.4 Å². The zero-order valence-electron chi connectivity index (χ0n) is 22.1. The molecule has 1 aliphatic heterocycles. The van der Waals surface area contributed by atoms with Crippen LogP contribution in [-0.2, 0) is 0 Å². The summed E-state index contributed by atoms with van der Waals surface area (Å²) in [6, 6.07) is 15.0. The monoisotopic (exact) mass is 516 g/mol. The van der Waals surface area contributed by atoms with E-state index >= 15 is 0 Å². The second kappa shape index (κ2) is 15.2. The molecule has 1 aromatic heterocycles. The zero-order valence-corrected chi connectivity index (χ0v) is 22.1. The largest absolute Gasteiger partial charge is 0.507 e. The summed E-state index contributed by atoms with van der Waals surface area (Å²) in [6.07, 6.45) is 15.7. The first-order valence-corrected chi connectivity index (χ1v) is 13.1. The summed E-state index contributed by atoms with van der Waals surface area (Å²) in [6.45, 7) is 4.44. The number of anilines is 1. The van der Waals surface area contributed by atoms with Gasteiger partial charge in [-0.1, -0.05) is 69.9 Å². The summed E-state index contributed by atoms with van der Waals surface area (Å²) in [7, 11) is 0. The number of phenols is 1. The minimum absolute atomic E-state index is 0.0802. The van der Waals surface area contributed by atoms with Gasteiger partial charge in [-0.05, 0) is 49.9 Å². The summed E-state index contributed by atoms with van der Waals surface area (Å²) in [5, 5.41) is 9.46. The van der Waals surface area contributed by atoms with E-state index < -0.39 is 5.97 Å². The molecule has 0 aliphatic carbocycles. The zero-order chi connectivity index (χ0) is 27.1. The van der Waals surface area contributed by atoms with Gasteiger partial charge in [-0.15, -0.1) is 0 Å². The number of nitrogens with zero attached hydrogens (tertiary/aromatic N) is 6. The number of rotatable bonds is 11. The lowest BCUT2D eigenvalue weighted by molar-refractivity contribution is 0.0731. The Bertz CT molecular complexity index is 1160. The number of unbranched alkanes of at least 4 members (excludes halogenated alkanes) is 4. The van der Waals surface area contributed by atoms with Crippen molar-refractivity contribution in [2.75, 3.05) is 4.90 Å². The first kappa shape index (κ1) is 28.4. The number of phenolic OH excluding ortho intramolecular Hbond substituents is 1. The summed E-state index contributed by atoms with van der Waals surface area (Å²) in [4.78, 5) is 35.1. The fourth-order valence-corrected chi connectivity index (χ4v) is 4.11. The quantitative estimate of drug-likeness (QED) is 0.183. The topological polar surface area (TPSA) is 113 Å². The highest BCUT2D eigenvalue weighted by Crippen LogP contribution is 2.33. The Balaban J connectivity index is 0.000000221. The number of carbonyl (C=O) groups excluding carboxylic acids is 1. The number of hydrogen-bond acceptors (Lipinski definition) is 9. The van der Waals surface area contributed by atoms with E-state index in [1.165, 1.54) is 50.5 Å². The Hall–Kier alpha value is -4.14. The van der Waals surface area contributed by atoms with Gasteiger partial charge >= 0.3 is 5.97 Å². The Morgan fingerprint density at radius 2 is 1.53 bits per heavy atom. The van der Waals surface area contributed by atoms with Crippen molar-refractivity contribution in [2.45, 2.75) is 70.9 Å². The average molecular weight is 517 g/mol. The highest BCUT2D eigenvalue weighted by atomic mass is 16.5. The van der Waals surface area contributed by atoms with Crippen LogP contribution in [0.2, 0.25) is 0 Å². The second-order valence-electron chi connectivity index (χ2n) is 8.93. The van der Waals surface area contributed by atoms with Crippen LogP contribution in [0, 0.1) is 0 Å². The molecule has 1 aliphatic rings. The van der Waals surface area contributed by atoms with Crippen LogP contribution >= 0.6 is 0 Å². The third kappa shape index (κ3) is 8.19. The lowest BCUT2D eigenvalue weighted by atomic mass is 9.93. The van der Waals surface area contributed by atoms with E-state index in [0.29, 0.717) is 11.7 Å². The van der Waals surface area contributed by atoms with Gasteiger partial charge in [0.2, 0.25) is 5.95 Å². The predicted octanol–water partition coefficient (Wildman–Crippen LogP) is 6.22. The average Bonchev–Trinajstić information content (AvgIpc) is 2.95. The maximum Gasteiger partial charge on any atom is 0.347 e. The van der Waals surface area contributed by atoms with Crippen LogP contribution < -0.4 is 9.64 Å². The maximum absolute atomic E-state index is 11.7. The molecule has 0 spiro atoms. The van der Waals surface area contributed by atoms with Crippen molar-refractivity contribution >= 4 is 24.6 Å². The Kier molecular flexibility index (Phi) is 11.4. The summed E-state index contributed by atoms with van der Waals surface area (Å²) in [5.41, 5.74) is -0.140. The van der Waals surface area contributed by atoms with E-state index in [9.17, 15) is 9.90 Å². The molecule has 0 atom stereocenters. The molecule has 38 heavy (non-hydrogen) atoms. The molecular weight excluding hydrogens is 480 g/mol. The van der Waals surface area contributed by atoms with Gasteiger partial charge in [-0.3, -0.25) is 4.90 Å². The molecule has 4 rings (SSSR count). The second-order valence-corrected chi connectivity index (χ2v) is 8.93. The molecule has 200 valence electrons. The van der Waals surface area contributed by atoms with Crippen molar-refractivity contribution in [3.8, 4) is 11.5 Å². The van der Waals surface area contributed by atoms with Crippen molar-refractivity contribution in [2.24, 2.45) is 9.98 Å². The first-order chi connectivity index (χ1) is 18.6. The van der Waals surface area contributed by atoms with Gasteiger partial charge in [0, 0.05) is 0 Å². The number of aromatic hydroxyl groups is 1. The van der Waals surface area contributed by atoms with Crippen molar-refractivity contribution in [3.05, 3.63) is 72.8 Å². The molecule has 0 radical (unpaired) electrons. The Morgan fingerprint density at radius 3 is 2.16 bits per heavy atom. The Labute approximate surface area is 224 Å². The van der Waals surface area contributed by atoms with Crippen LogP contribution in [0.4, 0.5) is 5.95 Å². The van der Waals surface area contributed by atoms with E-state index in [-0.39, 0.29) is 17.0 Å². The molecule has 0 bridgehead atoms. The molecule has 2 heterocycles. The fourth-order valence-electron chi connectivity index (χ4n) is 4.11. The smallest absolute Gasteiger partial charge is 0.347 e. The van der Waals surface area contributed by atoms with Crippen molar-refractivity contribution in [3.63, 3.8) is 0 Å². The van der Waals surface area contributed by atoms with Crippen LogP contribution in [0.3, 0.4) is 0 Å². The van der Waals surface area contributed by atoms with E-state index in [1.807, 2.05) is 11.0 Å². The van der Waals surface area contributed by atoms with Gasteiger partial charge in [0.15, 0.2) is 0 Å². The fraction of sp³-hybridized carbons (Fsp3) is 0.379. The maximum atomic E-state index is 11.7. The third-order valence-corrected chi connectivity index (χ3v) is 6.13. The van der Waals surface area contributed by atoms with Crippen LogP contribution in [0.25, 0.3) is 0 Å². The highest BCUT2D eigenvalue weighted by Gasteiger charge is 2.37. The van der Waals surface area contributed by atoms with Gasteiger partial charge < -0.3 is 9.84 Å². The van der Waals surface area contributed by atoms with Crippen LogP contribution in [0.1, 0.15) is 75.6 Å². The predicted molar refractivity (Wildman–Crippen MR) is 150 cm³/mol. The van der Waals surface area contributed by atoms with E-state index in [4.69, 9.17) is 9.73 Å². The molecule has 9 nitrogen and oxygen atoms in total. The third-order valence-electron chi connectivity index (χ3n) is 6.13. The van der Waals surface area contributed by atoms with Crippen LogP contribution in [0.15, 0.2) is 77.2 Å². The van der Waals surface area contributed by atoms with E-state index in [1.54, 1.807) is 49.1 Å². The van der Waals surface area contributed by atoms with Crippen molar-refractivity contribution in [1.82, 2.24) is 15.0 Å². The molecule has 0 saturated carbocycles. The molecule has 9 heteroatoms. The molecule has 1 N–H and O–H groups in total. The van der Waals surface area contributed by atoms with E-state index in [2.05, 4.69) is 33.8 Å². The Morgan fingerprint density at radius 1 is 0.895 bits per heavy atom. The van der Waals surface area contributed by atoms with Crippen LogP contribution in [0.5, 0.6) is 11.5 Å². The number of aromatic nitrogens is 3. The number of para-hydroxylation sites is 2. The molecule has 3 aromatic rings. The minimum atomic E-state index is -0.565. The first-order valence-electron chi connectivity index (χ1n) is 13.1. The standard InChI is InChI=1S/C16H26N6.C13H10O3/c1-3-5-7-9-16(10-8-6-4-2)21-13-18-14-22(16)15-19-11-17-12-20-15;14-12-9-5-4-8-11(12)13(15)16-10-6-2-1-3-7-10/h11-14H,3-10H2,1-2H3;1-9,14H. The number of esters is 1. The number of aliphatic imine (C=N–C) groups is 2. The molecular formula is C29H36N6O3. The molecule has 0 saturated heterocycles. The molecule has 0 unspecified atom stereocenters. The van der Waals surface area contributed by atoms with Gasteiger partial charge in [-0.25, -0.2) is 29.7 Å². The number of benzene rings is 2. The van der Waals surface area contributed by atoms with Gasteiger partial charge in [0.05, 0.1) is 0 Å². The molecule has 0 amide bonds. The summed E-state index contributed by atoms with van der Waals surface area (Å²) in [5.74, 6) is 0.437.